The smallest absolute Gasteiger partial charge is 0.221 e. The van der Waals surface area contributed by atoms with Crippen LogP contribution in [-0.4, -0.2) is 23.0 Å². The van der Waals surface area contributed by atoms with Crippen molar-refractivity contribution in [2.45, 2.75) is 43.6 Å². The van der Waals surface area contributed by atoms with Crippen molar-refractivity contribution >= 4 is 17.7 Å². The molecular weight excluding hydrogens is 280 g/mol. The van der Waals surface area contributed by atoms with E-state index in [4.69, 9.17) is 0 Å². The number of nitrogens with one attached hydrogen (secondary N) is 1. The normalized spacial score (nSPS) is 27.7. The predicted molar refractivity (Wildman–Crippen MR) is 85.2 cm³/mol. The number of benzene rings is 1. The summed E-state index contributed by atoms with van der Waals surface area (Å²) in [6.45, 7) is 0. The first-order valence-electron chi connectivity index (χ1n) is 7.60. The second-order valence-electron chi connectivity index (χ2n) is 6.04. The molecule has 2 atom stereocenters. The van der Waals surface area contributed by atoms with Gasteiger partial charge in [0.2, 0.25) is 5.91 Å². The topological polar surface area (TPSA) is 52.9 Å². The van der Waals surface area contributed by atoms with Crippen molar-refractivity contribution < 1.29 is 4.79 Å². The molecule has 110 valence electrons. The second-order valence-corrected chi connectivity index (χ2v) is 7.14. The van der Waals surface area contributed by atoms with Crippen LogP contribution in [0.4, 0.5) is 0 Å². The van der Waals surface area contributed by atoms with Crippen LogP contribution >= 0.6 is 11.8 Å². The van der Waals surface area contributed by atoms with Gasteiger partial charge in [-0.15, -0.1) is 0 Å². The van der Waals surface area contributed by atoms with E-state index in [0.717, 1.165) is 37.2 Å². The Bertz CT molecular complexity index is 572. The van der Waals surface area contributed by atoms with E-state index in [9.17, 15) is 10.1 Å². The Morgan fingerprint density at radius 3 is 3.10 bits per heavy atom. The maximum atomic E-state index is 12.4. The highest BCUT2D eigenvalue weighted by Crippen LogP contribution is 2.34. The number of nitrogens with zero attached hydrogens (tertiary/aromatic N) is 1. The fourth-order valence-electron chi connectivity index (χ4n) is 3.39. The molecule has 0 bridgehead atoms. The fourth-order valence-corrected chi connectivity index (χ4v) is 4.65. The number of rotatable bonds is 3. The first-order chi connectivity index (χ1) is 10.2. The Balaban J connectivity index is 1.67. The minimum Gasteiger partial charge on any atom is -0.337 e. The number of nitriles is 1. The molecule has 0 radical (unpaired) electrons. The maximum absolute atomic E-state index is 12.4. The van der Waals surface area contributed by atoms with Crippen LogP contribution in [0.2, 0.25) is 0 Å². The summed E-state index contributed by atoms with van der Waals surface area (Å²) >= 11 is 1.75. The largest absolute Gasteiger partial charge is 0.337 e. The van der Waals surface area contributed by atoms with E-state index in [-0.39, 0.29) is 5.91 Å². The Morgan fingerprint density at radius 1 is 1.48 bits per heavy atom. The van der Waals surface area contributed by atoms with E-state index in [0.29, 0.717) is 12.3 Å². The van der Waals surface area contributed by atoms with Crippen molar-refractivity contribution in [3.63, 3.8) is 0 Å². The van der Waals surface area contributed by atoms with Crippen LogP contribution in [-0.2, 0) is 11.2 Å². The zero-order chi connectivity index (χ0) is 14.7. The van der Waals surface area contributed by atoms with Gasteiger partial charge in [-0.1, -0.05) is 24.3 Å². The van der Waals surface area contributed by atoms with Crippen LogP contribution in [0.25, 0.3) is 0 Å². The highest BCUT2D eigenvalue weighted by molar-refractivity contribution is 7.99. The van der Waals surface area contributed by atoms with E-state index in [2.05, 4.69) is 35.7 Å². The van der Waals surface area contributed by atoms with Crippen LogP contribution < -0.4 is 5.32 Å². The van der Waals surface area contributed by atoms with Crippen molar-refractivity contribution in [1.29, 1.82) is 5.26 Å². The van der Waals surface area contributed by atoms with Crippen LogP contribution in [0, 0.1) is 11.3 Å². The van der Waals surface area contributed by atoms with Gasteiger partial charge >= 0.3 is 0 Å². The van der Waals surface area contributed by atoms with E-state index in [1.807, 2.05) is 0 Å². The van der Waals surface area contributed by atoms with Crippen molar-refractivity contribution in [3.8, 4) is 6.07 Å². The van der Waals surface area contributed by atoms with Gasteiger partial charge < -0.3 is 5.32 Å². The quantitative estimate of drug-likeness (QED) is 0.933. The number of hydrogen-bond donors (Lipinski definition) is 1. The van der Waals surface area contributed by atoms with Gasteiger partial charge in [-0.3, -0.25) is 4.79 Å². The van der Waals surface area contributed by atoms with Crippen LogP contribution in [0.3, 0.4) is 0 Å². The standard InChI is InChI=1S/C17H20N2OS/c18-11-17(8-9-21-12-17)19-16(20)10-14-6-3-5-13-4-1-2-7-15(13)14/h1-2,4,7,14H,3,5-6,8-10,12H2,(H,19,20). The van der Waals surface area contributed by atoms with Crippen molar-refractivity contribution in [2.75, 3.05) is 11.5 Å². The second kappa shape index (κ2) is 6.11. The van der Waals surface area contributed by atoms with Gasteiger partial charge in [0.1, 0.15) is 5.54 Å². The highest BCUT2D eigenvalue weighted by atomic mass is 32.2. The highest BCUT2D eigenvalue weighted by Gasteiger charge is 2.36. The molecule has 4 heteroatoms. The van der Waals surface area contributed by atoms with Crippen molar-refractivity contribution in [2.24, 2.45) is 0 Å². The summed E-state index contributed by atoms with van der Waals surface area (Å²) in [6.07, 6.45) is 4.60. The average molecular weight is 300 g/mol. The average Bonchev–Trinajstić information content (AvgIpc) is 2.96. The lowest BCUT2D eigenvalue weighted by molar-refractivity contribution is -0.122. The zero-order valence-electron chi connectivity index (χ0n) is 12.1. The lowest BCUT2D eigenvalue weighted by Crippen LogP contribution is -2.47. The lowest BCUT2D eigenvalue weighted by Gasteiger charge is -2.27. The number of carbonyl (C=O) groups is 1. The third-order valence-electron chi connectivity index (χ3n) is 4.54. The SMILES string of the molecule is N#CC1(NC(=O)CC2CCCc3ccccc32)CCSC1. The molecule has 1 aliphatic heterocycles. The number of thioether (sulfide) groups is 1. The number of hydrogen-bond acceptors (Lipinski definition) is 3. The lowest BCUT2D eigenvalue weighted by atomic mass is 9.81. The molecule has 0 saturated carbocycles. The third kappa shape index (κ3) is 3.08. The molecule has 1 amide bonds. The molecule has 1 saturated heterocycles. The Kier molecular flexibility index (Phi) is 4.21. The van der Waals surface area contributed by atoms with E-state index in [1.54, 1.807) is 11.8 Å². The number of aryl methyl sites for hydroxylation is 1. The molecule has 0 spiro atoms. The molecule has 2 aliphatic rings. The maximum Gasteiger partial charge on any atom is 0.221 e. The van der Waals surface area contributed by atoms with Gasteiger partial charge in [-0.2, -0.15) is 17.0 Å². The third-order valence-corrected chi connectivity index (χ3v) is 5.73. The van der Waals surface area contributed by atoms with Crippen LogP contribution in [0.1, 0.15) is 42.7 Å². The Labute approximate surface area is 130 Å². The molecular formula is C17H20N2OS. The molecule has 1 aliphatic carbocycles. The zero-order valence-corrected chi connectivity index (χ0v) is 12.9. The van der Waals surface area contributed by atoms with Gasteiger partial charge in [0.05, 0.1) is 6.07 Å². The summed E-state index contributed by atoms with van der Waals surface area (Å²) in [5.74, 6) is 2.01. The number of carbonyl (C=O) groups excluding carboxylic acids is 1. The molecule has 1 fully saturated rings. The summed E-state index contributed by atoms with van der Waals surface area (Å²) in [7, 11) is 0. The molecule has 1 aromatic carbocycles. The van der Waals surface area contributed by atoms with Crippen molar-refractivity contribution in [1.82, 2.24) is 5.32 Å². The number of fused-ring (bicyclic) bond motifs is 1. The van der Waals surface area contributed by atoms with E-state index < -0.39 is 5.54 Å². The summed E-state index contributed by atoms with van der Waals surface area (Å²) in [5, 5.41) is 12.4. The summed E-state index contributed by atoms with van der Waals surface area (Å²) in [5.41, 5.74) is 2.08. The molecule has 1 heterocycles. The molecule has 0 aromatic heterocycles. The van der Waals surface area contributed by atoms with Gasteiger partial charge in [0.25, 0.3) is 0 Å². The molecule has 3 rings (SSSR count). The summed E-state index contributed by atoms with van der Waals surface area (Å²) < 4.78 is 0. The summed E-state index contributed by atoms with van der Waals surface area (Å²) in [4.78, 5) is 12.4. The molecule has 2 unspecified atom stereocenters. The van der Waals surface area contributed by atoms with E-state index in [1.165, 1.54) is 11.1 Å². The fraction of sp³-hybridized carbons (Fsp3) is 0.529. The minimum absolute atomic E-state index is 0.0285. The first kappa shape index (κ1) is 14.5. The van der Waals surface area contributed by atoms with E-state index >= 15 is 0 Å². The van der Waals surface area contributed by atoms with Crippen molar-refractivity contribution in [3.05, 3.63) is 35.4 Å². The van der Waals surface area contributed by atoms with Gasteiger partial charge in [0, 0.05) is 12.2 Å². The van der Waals surface area contributed by atoms with Crippen LogP contribution in [0.5, 0.6) is 0 Å². The Morgan fingerprint density at radius 2 is 2.33 bits per heavy atom. The molecule has 3 nitrogen and oxygen atoms in total. The van der Waals surface area contributed by atoms with Gasteiger partial charge in [0.15, 0.2) is 0 Å². The summed E-state index contributed by atoms with van der Waals surface area (Å²) in [6, 6.07) is 10.8. The predicted octanol–water partition coefficient (Wildman–Crippen LogP) is 3.01. The van der Waals surface area contributed by atoms with Gasteiger partial charge in [-0.25, -0.2) is 0 Å². The molecule has 21 heavy (non-hydrogen) atoms. The monoisotopic (exact) mass is 300 g/mol. The molecule has 1 aromatic rings. The first-order valence-corrected chi connectivity index (χ1v) is 8.76. The van der Waals surface area contributed by atoms with Crippen LogP contribution in [0.15, 0.2) is 24.3 Å². The minimum atomic E-state index is -0.629. The van der Waals surface area contributed by atoms with Gasteiger partial charge in [-0.05, 0) is 48.5 Å². The Hall–Kier alpha value is -1.47. The number of amides is 1. The molecule has 1 N–H and O–H groups in total.